The van der Waals surface area contributed by atoms with E-state index in [0.717, 1.165) is 43.0 Å². The Morgan fingerprint density at radius 2 is 1.93 bits per heavy atom. The van der Waals surface area contributed by atoms with Crippen LogP contribution >= 0.6 is 0 Å². The van der Waals surface area contributed by atoms with E-state index in [0.29, 0.717) is 12.1 Å². The number of pyridine rings is 1. The maximum absolute atomic E-state index is 12.1. The molecule has 1 aromatic heterocycles. The first kappa shape index (κ1) is 19.7. The highest BCUT2D eigenvalue weighted by atomic mass is 16.4. The Bertz CT molecular complexity index is 847. The number of nitrogens with one attached hydrogen (secondary N) is 1. The van der Waals surface area contributed by atoms with Crippen LogP contribution in [0.3, 0.4) is 0 Å². The summed E-state index contributed by atoms with van der Waals surface area (Å²) in [5.74, 6) is 0.780. The van der Waals surface area contributed by atoms with Gasteiger partial charge in [-0.2, -0.15) is 0 Å². The van der Waals surface area contributed by atoms with Gasteiger partial charge in [-0.25, -0.2) is 9.78 Å². The minimum atomic E-state index is -0.884. The summed E-state index contributed by atoms with van der Waals surface area (Å²) >= 11 is 0. The smallest absolute Gasteiger partial charge is 0.407 e. The van der Waals surface area contributed by atoms with Gasteiger partial charge in [-0.1, -0.05) is 18.2 Å². The highest BCUT2D eigenvalue weighted by Gasteiger charge is 2.25. The number of piperidine rings is 1. The van der Waals surface area contributed by atoms with E-state index in [1.54, 1.807) is 13.1 Å². The van der Waals surface area contributed by atoms with Gasteiger partial charge in [0.2, 0.25) is 0 Å². The average molecular weight is 382 g/mol. The number of amides is 2. The highest BCUT2D eigenvalue weighted by molar-refractivity contribution is 5.95. The third-order valence-electron chi connectivity index (χ3n) is 5.13. The van der Waals surface area contributed by atoms with Gasteiger partial charge in [0.05, 0.1) is 5.69 Å². The van der Waals surface area contributed by atoms with Crippen LogP contribution in [-0.4, -0.2) is 59.7 Å². The number of carbonyl (C=O) groups excluding carboxylic acids is 1. The summed E-state index contributed by atoms with van der Waals surface area (Å²) in [7, 11) is 1.63. The Labute approximate surface area is 165 Å². The molecule has 1 fully saturated rings. The van der Waals surface area contributed by atoms with Crippen LogP contribution in [0.1, 0.15) is 30.1 Å². The summed E-state index contributed by atoms with van der Waals surface area (Å²) in [4.78, 5) is 31.6. The molecule has 0 saturated carbocycles. The fraction of sp³-hybridized carbons (Fsp3) is 0.381. The fourth-order valence-electron chi connectivity index (χ4n) is 3.48. The molecule has 2 N–H and O–H groups in total. The van der Waals surface area contributed by atoms with Crippen molar-refractivity contribution in [2.24, 2.45) is 0 Å². The second-order valence-corrected chi connectivity index (χ2v) is 6.93. The first-order valence-corrected chi connectivity index (χ1v) is 9.56. The summed E-state index contributed by atoms with van der Waals surface area (Å²) < 4.78 is 0. The van der Waals surface area contributed by atoms with Crippen LogP contribution < -0.4 is 10.2 Å². The number of nitrogens with zero attached hydrogens (tertiary/aromatic N) is 3. The average Bonchev–Trinajstić information content (AvgIpc) is 2.73. The molecular formula is C21H26N4O3. The van der Waals surface area contributed by atoms with Crippen molar-refractivity contribution in [3.63, 3.8) is 0 Å². The lowest BCUT2D eigenvalue weighted by Crippen LogP contribution is -2.45. The predicted molar refractivity (Wildman–Crippen MR) is 109 cm³/mol. The molecule has 3 rings (SSSR count). The lowest BCUT2D eigenvalue weighted by molar-refractivity contribution is 0.0955. The van der Waals surface area contributed by atoms with Gasteiger partial charge in [0.15, 0.2) is 0 Å². The van der Waals surface area contributed by atoms with E-state index in [-0.39, 0.29) is 11.9 Å². The van der Waals surface area contributed by atoms with Crippen LogP contribution in [0.25, 0.3) is 11.3 Å². The molecule has 0 aliphatic carbocycles. The highest BCUT2D eigenvalue weighted by Crippen LogP contribution is 2.25. The lowest BCUT2D eigenvalue weighted by atomic mass is 10.0. The molecule has 1 saturated heterocycles. The first-order valence-electron chi connectivity index (χ1n) is 9.56. The number of hydrogen-bond donors (Lipinski definition) is 2. The van der Waals surface area contributed by atoms with Gasteiger partial charge in [0.25, 0.3) is 5.91 Å². The fourth-order valence-corrected chi connectivity index (χ4v) is 3.48. The third-order valence-corrected chi connectivity index (χ3v) is 5.13. The van der Waals surface area contributed by atoms with Gasteiger partial charge in [0, 0.05) is 43.9 Å². The summed E-state index contributed by atoms with van der Waals surface area (Å²) in [5, 5.41) is 12.0. The standard InChI is InChI=1S/C21H26N4O3/c1-3-22-20(26)16-7-4-6-15(14-16)18-8-5-9-19(23-18)25-12-10-17(11-13-25)24(2)21(27)28/h4-9,14,17H,3,10-13H2,1-2H3,(H,22,26)(H,27,28). The molecular weight excluding hydrogens is 356 g/mol. The number of carbonyl (C=O) groups is 2. The van der Waals surface area contributed by atoms with Crippen LogP contribution in [0.4, 0.5) is 10.6 Å². The van der Waals surface area contributed by atoms with Crippen molar-refractivity contribution in [2.75, 3.05) is 31.6 Å². The van der Waals surface area contributed by atoms with Crippen LogP contribution in [0.2, 0.25) is 0 Å². The normalized spacial score (nSPS) is 14.6. The Morgan fingerprint density at radius 1 is 1.21 bits per heavy atom. The van der Waals surface area contributed by atoms with E-state index in [2.05, 4.69) is 10.2 Å². The molecule has 28 heavy (non-hydrogen) atoms. The number of aromatic nitrogens is 1. The van der Waals surface area contributed by atoms with Crippen LogP contribution in [0.5, 0.6) is 0 Å². The summed E-state index contributed by atoms with van der Waals surface area (Å²) in [6.45, 7) is 4.00. The Kier molecular flexibility index (Phi) is 6.13. The first-order chi connectivity index (χ1) is 13.5. The third kappa shape index (κ3) is 4.42. The van der Waals surface area contributed by atoms with Crippen LogP contribution in [0, 0.1) is 0 Å². The number of carboxylic acid groups (broad SMARTS) is 1. The maximum atomic E-state index is 12.1. The number of rotatable bonds is 5. The topological polar surface area (TPSA) is 85.8 Å². The summed E-state index contributed by atoms with van der Waals surface area (Å²) in [6, 6.07) is 13.4. The monoisotopic (exact) mass is 382 g/mol. The van der Waals surface area contributed by atoms with Crippen molar-refractivity contribution in [3.05, 3.63) is 48.0 Å². The zero-order valence-corrected chi connectivity index (χ0v) is 16.3. The van der Waals surface area contributed by atoms with E-state index in [1.807, 2.05) is 43.3 Å². The van der Waals surface area contributed by atoms with Gasteiger partial charge >= 0.3 is 6.09 Å². The molecule has 0 unspecified atom stereocenters. The van der Waals surface area contributed by atoms with E-state index in [9.17, 15) is 9.59 Å². The minimum Gasteiger partial charge on any atom is -0.465 e. The number of benzene rings is 1. The van der Waals surface area contributed by atoms with Crippen molar-refractivity contribution in [1.82, 2.24) is 15.2 Å². The second kappa shape index (κ2) is 8.73. The maximum Gasteiger partial charge on any atom is 0.407 e. The Morgan fingerprint density at radius 3 is 2.61 bits per heavy atom. The second-order valence-electron chi connectivity index (χ2n) is 6.93. The van der Waals surface area contributed by atoms with E-state index in [1.165, 1.54) is 4.90 Å². The molecule has 2 heterocycles. The number of hydrogen-bond acceptors (Lipinski definition) is 4. The number of anilines is 1. The predicted octanol–water partition coefficient (Wildman–Crippen LogP) is 3.08. The molecule has 148 valence electrons. The Hall–Kier alpha value is -3.09. The molecule has 7 heteroatoms. The van der Waals surface area contributed by atoms with E-state index in [4.69, 9.17) is 10.1 Å². The van der Waals surface area contributed by atoms with Gasteiger partial charge in [-0.05, 0) is 44.0 Å². The van der Waals surface area contributed by atoms with Gasteiger partial charge in [-0.3, -0.25) is 4.79 Å². The van der Waals surface area contributed by atoms with Crippen molar-refractivity contribution in [3.8, 4) is 11.3 Å². The quantitative estimate of drug-likeness (QED) is 0.830. The Balaban J connectivity index is 1.74. The molecule has 0 atom stereocenters. The molecule has 1 aliphatic rings. The van der Waals surface area contributed by atoms with E-state index < -0.39 is 6.09 Å². The van der Waals surface area contributed by atoms with Crippen LogP contribution in [0.15, 0.2) is 42.5 Å². The van der Waals surface area contributed by atoms with Crippen molar-refractivity contribution < 1.29 is 14.7 Å². The zero-order chi connectivity index (χ0) is 20.1. The molecule has 7 nitrogen and oxygen atoms in total. The minimum absolute atomic E-state index is 0.0469. The molecule has 1 aromatic carbocycles. The SMILES string of the molecule is CCNC(=O)c1cccc(-c2cccc(N3CCC(N(C)C(=O)O)CC3)n2)c1. The van der Waals surface area contributed by atoms with Crippen molar-refractivity contribution in [2.45, 2.75) is 25.8 Å². The lowest BCUT2D eigenvalue weighted by Gasteiger charge is -2.36. The van der Waals surface area contributed by atoms with E-state index >= 15 is 0 Å². The molecule has 2 aromatic rings. The molecule has 0 radical (unpaired) electrons. The summed E-state index contributed by atoms with van der Waals surface area (Å²) in [6.07, 6.45) is 0.675. The molecule has 0 spiro atoms. The largest absolute Gasteiger partial charge is 0.465 e. The van der Waals surface area contributed by atoms with Gasteiger partial charge in [-0.15, -0.1) is 0 Å². The van der Waals surface area contributed by atoms with Gasteiger partial charge < -0.3 is 20.2 Å². The molecule has 0 bridgehead atoms. The van der Waals surface area contributed by atoms with Crippen molar-refractivity contribution in [1.29, 1.82) is 0 Å². The van der Waals surface area contributed by atoms with Crippen LogP contribution in [-0.2, 0) is 0 Å². The zero-order valence-electron chi connectivity index (χ0n) is 16.3. The molecule has 2 amide bonds. The molecule has 1 aliphatic heterocycles. The van der Waals surface area contributed by atoms with Gasteiger partial charge in [0.1, 0.15) is 5.82 Å². The summed E-state index contributed by atoms with van der Waals surface area (Å²) in [5.41, 5.74) is 2.32. The van der Waals surface area contributed by atoms with Crippen molar-refractivity contribution >= 4 is 17.8 Å².